The first-order valence-corrected chi connectivity index (χ1v) is 8.97. The summed E-state index contributed by atoms with van der Waals surface area (Å²) in [6, 6.07) is 13.0. The SMILES string of the molecule is O=C(Nc1ccc2c(c1)CC(O)C2)Nc1ccn(CCc2ccccn2)n1. The predicted octanol–water partition coefficient (Wildman–Crippen LogP) is 2.62. The van der Waals surface area contributed by atoms with Gasteiger partial charge in [0.05, 0.1) is 6.10 Å². The molecule has 138 valence electrons. The average Bonchev–Trinajstić information content (AvgIpc) is 3.25. The van der Waals surface area contributed by atoms with Crippen LogP contribution in [0.4, 0.5) is 16.3 Å². The van der Waals surface area contributed by atoms with Crippen LogP contribution < -0.4 is 10.6 Å². The number of nitrogens with one attached hydrogen (secondary N) is 2. The van der Waals surface area contributed by atoms with Gasteiger partial charge in [-0.05, 0) is 48.2 Å². The van der Waals surface area contributed by atoms with Gasteiger partial charge >= 0.3 is 6.03 Å². The summed E-state index contributed by atoms with van der Waals surface area (Å²) in [5, 5.41) is 19.6. The number of rotatable bonds is 5. The Kier molecular flexibility index (Phi) is 4.84. The lowest BCUT2D eigenvalue weighted by molar-refractivity contribution is 0.187. The van der Waals surface area contributed by atoms with Gasteiger partial charge in [-0.2, -0.15) is 5.10 Å². The lowest BCUT2D eigenvalue weighted by atomic mass is 10.1. The Labute approximate surface area is 157 Å². The monoisotopic (exact) mass is 363 g/mol. The molecule has 0 saturated heterocycles. The van der Waals surface area contributed by atoms with Gasteiger partial charge in [0, 0.05) is 42.8 Å². The fourth-order valence-electron chi connectivity index (χ4n) is 3.28. The summed E-state index contributed by atoms with van der Waals surface area (Å²) in [5.74, 6) is 0.491. The summed E-state index contributed by atoms with van der Waals surface area (Å²) in [5.41, 5.74) is 3.93. The molecule has 7 nitrogen and oxygen atoms in total. The summed E-state index contributed by atoms with van der Waals surface area (Å²) in [6.45, 7) is 0.688. The normalized spacial score (nSPS) is 15.4. The van der Waals surface area contributed by atoms with Crippen molar-refractivity contribution in [3.8, 4) is 0 Å². The number of aryl methyl sites for hydroxylation is 2. The second-order valence-corrected chi connectivity index (χ2v) is 6.66. The Hall–Kier alpha value is -3.19. The van der Waals surface area contributed by atoms with Gasteiger partial charge < -0.3 is 10.4 Å². The number of aromatic nitrogens is 3. The van der Waals surface area contributed by atoms with Gasteiger partial charge in [0.2, 0.25) is 0 Å². The van der Waals surface area contributed by atoms with E-state index in [1.807, 2.05) is 42.6 Å². The molecular formula is C20H21N5O2. The molecule has 0 spiro atoms. The van der Waals surface area contributed by atoms with Crippen LogP contribution in [0, 0.1) is 0 Å². The molecule has 0 radical (unpaired) electrons. The molecule has 1 aliphatic carbocycles. The van der Waals surface area contributed by atoms with Crippen molar-refractivity contribution in [2.75, 3.05) is 10.6 Å². The molecule has 27 heavy (non-hydrogen) atoms. The summed E-state index contributed by atoms with van der Waals surface area (Å²) in [7, 11) is 0. The van der Waals surface area contributed by atoms with Crippen molar-refractivity contribution in [3.05, 3.63) is 71.7 Å². The smallest absolute Gasteiger partial charge is 0.324 e. The number of carbonyl (C=O) groups is 1. The van der Waals surface area contributed by atoms with Crippen LogP contribution in [0.25, 0.3) is 0 Å². The highest BCUT2D eigenvalue weighted by atomic mass is 16.3. The lowest BCUT2D eigenvalue weighted by Gasteiger charge is -2.07. The van der Waals surface area contributed by atoms with Crippen LogP contribution in [0.2, 0.25) is 0 Å². The largest absolute Gasteiger partial charge is 0.392 e. The Balaban J connectivity index is 1.31. The molecule has 1 atom stereocenters. The third-order valence-electron chi connectivity index (χ3n) is 4.58. The third kappa shape index (κ3) is 4.32. The summed E-state index contributed by atoms with van der Waals surface area (Å²) < 4.78 is 1.78. The predicted molar refractivity (Wildman–Crippen MR) is 103 cm³/mol. The number of urea groups is 1. The molecule has 0 bridgehead atoms. The van der Waals surface area contributed by atoms with Crippen molar-refractivity contribution in [3.63, 3.8) is 0 Å². The van der Waals surface area contributed by atoms with Crippen LogP contribution >= 0.6 is 0 Å². The summed E-state index contributed by atoms with van der Waals surface area (Å²) in [4.78, 5) is 16.5. The van der Waals surface area contributed by atoms with E-state index in [9.17, 15) is 9.90 Å². The molecule has 1 aromatic carbocycles. The van der Waals surface area contributed by atoms with Gasteiger partial charge in [-0.3, -0.25) is 15.0 Å². The standard InChI is InChI=1S/C20H21N5O2/c26-18-12-14-4-5-17(11-15(14)13-18)22-20(27)23-19-7-10-25(24-19)9-6-16-3-1-2-8-21-16/h1-5,7-8,10-11,18,26H,6,9,12-13H2,(H2,22,23,24,27). The molecular weight excluding hydrogens is 342 g/mol. The minimum Gasteiger partial charge on any atom is -0.392 e. The third-order valence-corrected chi connectivity index (χ3v) is 4.58. The minimum absolute atomic E-state index is 0.320. The van der Waals surface area contributed by atoms with E-state index in [0.717, 1.165) is 23.2 Å². The van der Waals surface area contributed by atoms with E-state index in [2.05, 4.69) is 20.7 Å². The minimum atomic E-state index is -0.344. The number of fused-ring (bicyclic) bond motifs is 1. The Bertz CT molecular complexity index is 939. The van der Waals surface area contributed by atoms with E-state index in [0.29, 0.717) is 30.9 Å². The number of hydrogen-bond donors (Lipinski definition) is 3. The van der Waals surface area contributed by atoms with Gasteiger partial charge in [-0.15, -0.1) is 0 Å². The number of pyridine rings is 1. The van der Waals surface area contributed by atoms with Crippen molar-refractivity contribution >= 4 is 17.5 Å². The molecule has 0 saturated carbocycles. The zero-order valence-electron chi connectivity index (χ0n) is 14.8. The van der Waals surface area contributed by atoms with Crippen LogP contribution in [0.15, 0.2) is 54.9 Å². The molecule has 0 fully saturated rings. The first-order chi connectivity index (χ1) is 13.2. The van der Waals surface area contributed by atoms with E-state index in [-0.39, 0.29) is 12.1 Å². The molecule has 1 aliphatic rings. The number of nitrogens with zero attached hydrogens (tertiary/aromatic N) is 3. The molecule has 2 aromatic heterocycles. The molecule has 4 rings (SSSR count). The number of aliphatic hydroxyl groups is 1. The lowest BCUT2D eigenvalue weighted by Crippen LogP contribution is -2.20. The topological polar surface area (TPSA) is 92.1 Å². The molecule has 3 N–H and O–H groups in total. The van der Waals surface area contributed by atoms with E-state index in [1.54, 1.807) is 16.9 Å². The van der Waals surface area contributed by atoms with E-state index < -0.39 is 0 Å². The number of aliphatic hydroxyl groups excluding tert-OH is 1. The van der Waals surface area contributed by atoms with E-state index >= 15 is 0 Å². The van der Waals surface area contributed by atoms with Crippen molar-refractivity contribution in [2.24, 2.45) is 0 Å². The van der Waals surface area contributed by atoms with Crippen LogP contribution in [-0.2, 0) is 25.8 Å². The second-order valence-electron chi connectivity index (χ2n) is 6.66. The second kappa shape index (κ2) is 7.59. The van der Waals surface area contributed by atoms with Crippen molar-refractivity contribution in [1.29, 1.82) is 0 Å². The van der Waals surface area contributed by atoms with Crippen LogP contribution in [0.1, 0.15) is 16.8 Å². The first kappa shape index (κ1) is 17.2. The fraction of sp³-hybridized carbons (Fsp3) is 0.250. The molecule has 2 amide bonds. The highest BCUT2D eigenvalue weighted by Crippen LogP contribution is 2.25. The van der Waals surface area contributed by atoms with Gasteiger partial charge in [0.25, 0.3) is 0 Å². The fourth-order valence-corrected chi connectivity index (χ4v) is 3.28. The number of amides is 2. The number of carbonyl (C=O) groups excluding carboxylic acids is 1. The van der Waals surface area contributed by atoms with Crippen LogP contribution in [-0.4, -0.2) is 32.0 Å². The number of hydrogen-bond acceptors (Lipinski definition) is 4. The van der Waals surface area contributed by atoms with E-state index in [1.165, 1.54) is 0 Å². The Morgan fingerprint density at radius 1 is 1.15 bits per heavy atom. The molecule has 3 aromatic rings. The zero-order chi connectivity index (χ0) is 18.6. The quantitative estimate of drug-likeness (QED) is 0.650. The maximum atomic E-state index is 12.2. The van der Waals surface area contributed by atoms with Crippen molar-refractivity contribution < 1.29 is 9.90 Å². The molecule has 1 unspecified atom stereocenters. The maximum absolute atomic E-state index is 12.2. The highest BCUT2D eigenvalue weighted by Gasteiger charge is 2.19. The van der Waals surface area contributed by atoms with Gasteiger partial charge in [-0.25, -0.2) is 4.79 Å². The van der Waals surface area contributed by atoms with Crippen molar-refractivity contribution in [2.45, 2.75) is 31.9 Å². The average molecular weight is 363 g/mol. The summed E-state index contributed by atoms with van der Waals surface area (Å²) in [6.07, 6.45) is 5.37. The Morgan fingerprint density at radius 3 is 2.89 bits per heavy atom. The van der Waals surface area contributed by atoms with Gasteiger partial charge in [0.15, 0.2) is 5.82 Å². The summed E-state index contributed by atoms with van der Waals surface area (Å²) >= 11 is 0. The van der Waals surface area contributed by atoms with Gasteiger partial charge in [-0.1, -0.05) is 12.1 Å². The van der Waals surface area contributed by atoms with Gasteiger partial charge in [0.1, 0.15) is 0 Å². The molecule has 0 aliphatic heterocycles. The maximum Gasteiger partial charge on any atom is 0.324 e. The van der Waals surface area contributed by atoms with Crippen LogP contribution in [0.3, 0.4) is 0 Å². The number of benzene rings is 1. The molecule has 2 heterocycles. The molecule has 7 heteroatoms. The Morgan fingerprint density at radius 2 is 2.04 bits per heavy atom. The number of anilines is 2. The van der Waals surface area contributed by atoms with Crippen LogP contribution in [0.5, 0.6) is 0 Å². The zero-order valence-corrected chi connectivity index (χ0v) is 14.8. The highest BCUT2D eigenvalue weighted by molar-refractivity contribution is 5.99. The van der Waals surface area contributed by atoms with E-state index in [4.69, 9.17) is 0 Å². The first-order valence-electron chi connectivity index (χ1n) is 8.97. The van der Waals surface area contributed by atoms with Crippen molar-refractivity contribution in [1.82, 2.24) is 14.8 Å².